The maximum Gasteiger partial charge on any atom is 0.224 e. The molecule has 1 aliphatic carbocycles. The summed E-state index contributed by atoms with van der Waals surface area (Å²) in [6.45, 7) is 1.89. The number of benzene rings is 1. The third-order valence-electron chi connectivity index (χ3n) is 4.19. The van der Waals surface area contributed by atoms with Crippen LogP contribution in [0.15, 0.2) is 18.2 Å². The van der Waals surface area contributed by atoms with Crippen molar-refractivity contribution in [2.45, 2.75) is 31.5 Å². The van der Waals surface area contributed by atoms with Gasteiger partial charge in [-0.3, -0.25) is 0 Å². The molecule has 0 radical (unpaired) electrons. The topological polar surface area (TPSA) is 56.5 Å². The molecule has 0 unspecified atom stereocenters. The van der Waals surface area contributed by atoms with Gasteiger partial charge < -0.3 is 0 Å². The van der Waals surface area contributed by atoms with Gasteiger partial charge in [0.2, 0.25) is 5.28 Å². The molecule has 3 aromatic rings. The fourth-order valence-corrected chi connectivity index (χ4v) is 3.43. The molecule has 0 N–H and O–H groups in total. The number of aromatic nitrogens is 5. The third-order valence-corrected chi connectivity index (χ3v) is 4.92. The first kappa shape index (κ1) is 16.0. The molecule has 2 aromatic heterocycles. The standard InChI is InChI=1S/C15H11Cl3FN5/c1-7(9-3-2-8(16)6-10(9)17)24-13-11(22-23-24)12(15(19)4-5-15)20-14(18)21-13/h2-3,6-7H,4-5H2,1H3/t7-/m1/s1. The van der Waals surface area contributed by atoms with E-state index in [-0.39, 0.29) is 17.0 Å². The lowest BCUT2D eigenvalue weighted by molar-refractivity contribution is 0.311. The summed E-state index contributed by atoms with van der Waals surface area (Å²) in [5, 5.41) is 9.22. The van der Waals surface area contributed by atoms with Crippen LogP contribution in [0.3, 0.4) is 0 Å². The smallest absolute Gasteiger partial charge is 0.224 e. The lowest BCUT2D eigenvalue weighted by Crippen LogP contribution is -2.11. The highest BCUT2D eigenvalue weighted by Gasteiger charge is 2.49. The highest BCUT2D eigenvalue weighted by molar-refractivity contribution is 6.35. The number of fused-ring (bicyclic) bond motifs is 1. The van der Waals surface area contributed by atoms with E-state index in [9.17, 15) is 4.39 Å². The summed E-state index contributed by atoms with van der Waals surface area (Å²) in [4.78, 5) is 8.22. The summed E-state index contributed by atoms with van der Waals surface area (Å²) >= 11 is 18.2. The molecule has 0 saturated heterocycles. The van der Waals surface area contributed by atoms with Crippen LogP contribution >= 0.6 is 34.8 Å². The molecule has 5 nitrogen and oxygen atoms in total. The Balaban J connectivity index is 1.87. The highest BCUT2D eigenvalue weighted by Crippen LogP contribution is 2.50. The van der Waals surface area contributed by atoms with Crippen molar-refractivity contribution in [3.63, 3.8) is 0 Å². The van der Waals surface area contributed by atoms with E-state index in [4.69, 9.17) is 34.8 Å². The average molecular weight is 387 g/mol. The minimum atomic E-state index is -1.48. The fraction of sp³-hybridized carbons (Fsp3) is 0.333. The Hall–Kier alpha value is -1.50. The van der Waals surface area contributed by atoms with Crippen LogP contribution < -0.4 is 0 Å². The zero-order valence-electron chi connectivity index (χ0n) is 12.5. The summed E-state index contributed by atoms with van der Waals surface area (Å²) in [5.41, 5.74) is 0.236. The van der Waals surface area contributed by atoms with E-state index in [1.165, 1.54) is 0 Å². The van der Waals surface area contributed by atoms with E-state index in [0.29, 0.717) is 34.1 Å². The van der Waals surface area contributed by atoms with Gasteiger partial charge in [-0.1, -0.05) is 34.5 Å². The van der Waals surface area contributed by atoms with Crippen molar-refractivity contribution in [1.29, 1.82) is 0 Å². The zero-order valence-corrected chi connectivity index (χ0v) is 14.7. The lowest BCUT2D eigenvalue weighted by atomic mass is 10.1. The second-order valence-corrected chi connectivity index (χ2v) is 7.04. The van der Waals surface area contributed by atoms with Gasteiger partial charge in [0.1, 0.15) is 5.69 Å². The van der Waals surface area contributed by atoms with Crippen molar-refractivity contribution in [2.75, 3.05) is 0 Å². The molecule has 2 heterocycles. The maximum absolute atomic E-state index is 14.5. The van der Waals surface area contributed by atoms with Crippen LogP contribution in [0.5, 0.6) is 0 Å². The molecule has 0 spiro atoms. The lowest BCUT2D eigenvalue weighted by Gasteiger charge is -2.14. The van der Waals surface area contributed by atoms with Gasteiger partial charge in [-0.2, -0.15) is 4.98 Å². The summed E-state index contributed by atoms with van der Waals surface area (Å²) < 4.78 is 16.1. The second-order valence-electron chi connectivity index (χ2n) is 5.85. The van der Waals surface area contributed by atoms with E-state index in [1.54, 1.807) is 16.8 Å². The van der Waals surface area contributed by atoms with Crippen molar-refractivity contribution < 1.29 is 4.39 Å². The first-order chi connectivity index (χ1) is 11.4. The van der Waals surface area contributed by atoms with Crippen molar-refractivity contribution in [3.8, 4) is 0 Å². The minimum absolute atomic E-state index is 0.0284. The number of hydrogen-bond acceptors (Lipinski definition) is 4. The molecule has 1 saturated carbocycles. The molecular formula is C15H11Cl3FN5. The van der Waals surface area contributed by atoms with Gasteiger partial charge in [-0.25, -0.2) is 14.1 Å². The number of hydrogen-bond donors (Lipinski definition) is 0. The maximum atomic E-state index is 14.5. The van der Waals surface area contributed by atoms with E-state index in [2.05, 4.69) is 20.3 Å². The van der Waals surface area contributed by atoms with Crippen molar-refractivity contribution in [2.24, 2.45) is 0 Å². The second kappa shape index (κ2) is 5.51. The molecule has 0 amide bonds. The molecule has 0 aliphatic heterocycles. The van der Waals surface area contributed by atoms with E-state index >= 15 is 0 Å². The Morgan fingerprint density at radius 3 is 2.62 bits per heavy atom. The van der Waals surface area contributed by atoms with Crippen LogP contribution in [0, 0.1) is 0 Å². The number of nitrogens with zero attached hydrogens (tertiary/aromatic N) is 5. The molecule has 9 heteroatoms. The number of halogens is 4. The summed E-state index contributed by atoms with van der Waals surface area (Å²) in [7, 11) is 0. The Morgan fingerprint density at radius 2 is 1.96 bits per heavy atom. The minimum Gasteiger partial charge on any atom is -0.237 e. The van der Waals surface area contributed by atoms with Crippen molar-refractivity contribution >= 4 is 46.0 Å². The van der Waals surface area contributed by atoms with Crippen molar-refractivity contribution in [1.82, 2.24) is 25.0 Å². The average Bonchev–Trinajstić information content (AvgIpc) is 3.13. The summed E-state index contributed by atoms with van der Waals surface area (Å²) in [6.07, 6.45) is 0.807. The van der Waals surface area contributed by atoms with Gasteiger partial charge in [0.25, 0.3) is 0 Å². The number of rotatable bonds is 3. The normalized spacial score (nSPS) is 17.2. The quantitative estimate of drug-likeness (QED) is 0.610. The van der Waals surface area contributed by atoms with Gasteiger partial charge in [-0.05, 0) is 49.1 Å². The van der Waals surface area contributed by atoms with Crippen LogP contribution in [0.1, 0.15) is 37.1 Å². The van der Waals surface area contributed by atoms with Crippen LogP contribution in [0.4, 0.5) is 4.39 Å². The van der Waals surface area contributed by atoms with E-state index in [0.717, 1.165) is 5.56 Å². The van der Waals surface area contributed by atoms with Gasteiger partial charge in [-0.15, -0.1) is 5.10 Å². The Bertz CT molecular complexity index is 954. The van der Waals surface area contributed by atoms with Gasteiger partial charge >= 0.3 is 0 Å². The Labute approximate surface area is 151 Å². The molecule has 1 atom stereocenters. The molecular weight excluding hydrogens is 376 g/mol. The predicted molar refractivity (Wildman–Crippen MR) is 90.4 cm³/mol. The first-order valence-electron chi connectivity index (χ1n) is 7.32. The molecule has 1 aliphatic rings. The monoisotopic (exact) mass is 385 g/mol. The zero-order chi connectivity index (χ0) is 17.1. The van der Waals surface area contributed by atoms with Crippen LogP contribution in [0.2, 0.25) is 15.3 Å². The third kappa shape index (κ3) is 2.53. The molecule has 1 fully saturated rings. The SMILES string of the molecule is C[C@H](c1ccc(Cl)cc1Cl)n1nnc2c(C3(F)CC3)nc(Cl)nc21. The van der Waals surface area contributed by atoms with Gasteiger partial charge in [0.05, 0.1) is 6.04 Å². The van der Waals surface area contributed by atoms with Crippen molar-refractivity contribution in [3.05, 3.63) is 44.8 Å². The largest absolute Gasteiger partial charge is 0.237 e. The predicted octanol–water partition coefficient (Wildman–Crippen LogP) is 4.75. The summed E-state index contributed by atoms with van der Waals surface area (Å²) in [5.74, 6) is 0. The van der Waals surface area contributed by atoms with Gasteiger partial charge in [0.15, 0.2) is 16.8 Å². The molecule has 124 valence electrons. The van der Waals surface area contributed by atoms with E-state index < -0.39 is 5.67 Å². The highest BCUT2D eigenvalue weighted by atomic mass is 35.5. The Morgan fingerprint density at radius 1 is 1.21 bits per heavy atom. The molecule has 0 bridgehead atoms. The van der Waals surface area contributed by atoms with Crippen LogP contribution in [-0.2, 0) is 5.67 Å². The first-order valence-corrected chi connectivity index (χ1v) is 8.45. The van der Waals surface area contributed by atoms with E-state index in [1.807, 2.05) is 13.0 Å². The van der Waals surface area contributed by atoms with Crippen LogP contribution in [0.25, 0.3) is 11.2 Å². The van der Waals surface area contributed by atoms with Gasteiger partial charge in [0, 0.05) is 10.0 Å². The van der Waals surface area contributed by atoms with Crippen LogP contribution in [-0.4, -0.2) is 25.0 Å². The number of alkyl halides is 1. The molecule has 1 aromatic carbocycles. The Kier molecular flexibility index (Phi) is 3.67. The molecule has 4 rings (SSSR count). The fourth-order valence-electron chi connectivity index (χ4n) is 2.70. The molecule has 24 heavy (non-hydrogen) atoms. The summed E-state index contributed by atoms with van der Waals surface area (Å²) in [6, 6.07) is 4.92.